The van der Waals surface area contributed by atoms with E-state index in [0.29, 0.717) is 35.3 Å². The molecule has 0 aliphatic carbocycles. The van der Waals surface area contributed by atoms with Gasteiger partial charge in [-0.25, -0.2) is 0 Å². The molecule has 0 amide bonds. The first-order valence-corrected chi connectivity index (χ1v) is 8.36. The van der Waals surface area contributed by atoms with Crippen LogP contribution in [-0.2, 0) is 12.8 Å². The Bertz CT molecular complexity index is 833. The molecule has 0 unspecified atom stereocenters. The summed E-state index contributed by atoms with van der Waals surface area (Å²) in [6.45, 7) is 0. The topological polar surface area (TPSA) is 86.2 Å². The van der Waals surface area contributed by atoms with Gasteiger partial charge in [0.1, 0.15) is 0 Å². The number of carbonyl (C=O) groups excluding carboxylic acids is 2. The average Bonchev–Trinajstić information content (AvgIpc) is 2.64. The van der Waals surface area contributed by atoms with Gasteiger partial charge in [-0.1, -0.05) is 24.3 Å². The van der Waals surface area contributed by atoms with Gasteiger partial charge < -0.3 is 11.5 Å². The molecule has 0 heterocycles. The first-order chi connectivity index (χ1) is 12.5. The van der Waals surface area contributed by atoms with Crippen LogP contribution >= 0.6 is 0 Å². The summed E-state index contributed by atoms with van der Waals surface area (Å²) in [7, 11) is 0. The monoisotopic (exact) mass is 344 g/mol. The lowest BCUT2D eigenvalue weighted by molar-refractivity contribution is 0.0984. The second-order valence-corrected chi connectivity index (χ2v) is 6.26. The molecule has 4 heteroatoms. The standard InChI is InChI=1S/C22H20N2O2/c23-19-9-5-17(6-10-19)21(25)13-15-1-2-16(4-3-15)14-22(26)18-7-11-20(24)12-8-18/h1-12H,13-14,23-24H2. The van der Waals surface area contributed by atoms with Crippen molar-refractivity contribution < 1.29 is 9.59 Å². The number of Topliss-reactive ketones (excluding diaryl/α,β-unsaturated/α-hetero) is 2. The van der Waals surface area contributed by atoms with Crippen LogP contribution < -0.4 is 11.5 Å². The van der Waals surface area contributed by atoms with Crippen molar-refractivity contribution in [2.24, 2.45) is 0 Å². The van der Waals surface area contributed by atoms with Gasteiger partial charge >= 0.3 is 0 Å². The number of anilines is 2. The third-order valence-corrected chi connectivity index (χ3v) is 4.22. The fourth-order valence-corrected chi connectivity index (χ4v) is 2.69. The average molecular weight is 344 g/mol. The van der Waals surface area contributed by atoms with E-state index in [1.54, 1.807) is 48.5 Å². The van der Waals surface area contributed by atoms with Crippen molar-refractivity contribution in [2.75, 3.05) is 11.5 Å². The molecule has 0 saturated carbocycles. The summed E-state index contributed by atoms with van der Waals surface area (Å²) in [6, 6.07) is 21.4. The third kappa shape index (κ3) is 4.36. The third-order valence-electron chi connectivity index (χ3n) is 4.22. The van der Waals surface area contributed by atoms with Gasteiger partial charge in [0.15, 0.2) is 11.6 Å². The summed E-state index contributed by atoms with van der Waals surface area (Å²) >= 11 is 0. The Kier molecular flexibility index (Phi) is 5.13. The van der Waals surface area contributed by atoms with E-state index in [-0.39, 0.29) is 11.6 Å². The number of carbonyl (C=O) groups is 2. The van der Waals surface area contributed by atoms with Gasteiger partial charge in [-0.05, 0) is 59.7 Å². The predicted octanol–water partition coefficient (Wildman–Crippen LogP) is 3.70. The molecule has 3 aromatic carbocycles. The Morgan fingerprint density at radius 3 is 1.15 bits per heavy atom. The Balaban J connectivity index is 1.62. The number of ketones is 2. The molecule has 4 nitrogen and oxygen atoms in total. The summed E-state index contributed by atoms with van der Waals surface area (Å²) in [5.74, 6) is 0.0754. The molecular formula is C22H20N2O2. The molecular weight excluding hydrogens is 324 g/mol. The van der Waals surface area contributed by atoms with E-state index in [9.17, 15) is 9.59 Å². The van der Waals surface area contributed by atoms with Crippen LogP contribution in [0.15, 0.2) is 72.8 Å². The van der Waals surface area contributed by atoms with Crippen molar-refractivity contribution in [1.82, 2.24) is 0 Å². The highest BCUT2D eigenvalue weighted by Crippen LogP contribution is 2.14. The summed E-state index contributed by atoms with van der Waals surface area (Å²) < 4.78 is 0. The number of rotatable bonds is 6. The van der Waals surface area contributed by atoms with Gasteiger partial charge in [-0.2, -0.15) is 0 Å². The number of hydrogen-bond donors (Lipinski definition) is 2. The van der Waals surface area contributed by atoms with Gasteiger partial charge in [0.05, 0.1) is 0 Å². The Hall–Kier alpha value is -3.40. The zero-order valence-corrected chi connectivity index (χ0v) is 14.3. The minimum absolute atomic E-state index is 0.0377. The second-order valence-electron chi connectivity index (χ2n) is 6.26. The summed E-state index contributed by atoms with van der Waals surface area (Å²) in [6.07, 6.45) is 0.631. The molecule has 0 fully saturated rings. The minimum atomic E-state index is 0.0377. The maximum atomic E-state index is 12.3. The number of benzene rings is 3. The zero-order valence-electron chi connectivity index (χ0n) is 14.3. The predicted molar refractivity (Wildman–Crippen MR) is 104 cm³/mol. The molecule has 3 aromatic rings. The van der Waals surface area contributed by atoms with Gasteiger partial charge in [-0.3, -0.25) is 9.59 Å². The number of nitrogen functional groups attached to an aromatic ring is 2. The van der Waals surface area contributed by atoms with E-state index in [4.69, 9.17) is 11.5 Å². The molecule has 0 bridgehead atoms. The molecule has 26 heavy (non-hydrogen) atoms. The van der Waals surface area contributed by atoms with E-state index >= 15 is 0 Å². The van der Waals surface area contributed by atoms with E-state index < -0.39 is 0 Å². The molecule has 0 aliphatic heterocycles. The molecule has 0 atom stereocenters. The van der Waals surface area contributed by atoms with Crippen LogP contribution in [0.2, 0.25) is 0 Å². The molecule has 0 aliphatic rings. The van der Waals surface area contributed by atoms with Gasteiger partial charge in [0.25, 0.3) is 0 Å². The van der Waals surface area contributed by atoms with Crippen LogP contribution in [0.3, 0.4) is 0 Å². The highest BCUT2D eigenvalue weighted by atomic mass is 16.1. The molecule has 130 valence electrons. The van der Waals surface area contributed by atoms with Gasteiger partial charge in [0, 0.05) is 35.3 Å². The van der Waals surface area contributed by atoms with Crippen molar-refractivity contribution in [1.29, 1.82) is 0 Å². The zero-order chi connectivity index (χ0) is 18.5. The smallest absolute Gasteiger partial charge is 0.167 e. The van der Waals surface area contributed by atoms with Crippen molar-refractivity contribution in [3.63, 3.8) is 0 Å². The Morgan fingerprint density at radius 1 is 0.538 bits per heavy atom. The molecule has 0 spiro atoms. The maximum Gasteiger partial charge on any atom is 0.167 e. The van der Waals surface area contributed by atoms with E-state index in [0.717, 1.165) is 11.1 Å². The molecule has 0 aromatic heterocycles. The van der Waals surface area contributed by atoms with Gasteiger partial charge in [0.2, 0.25) is 0 Å². The lowest BCUT2D eigenvalue weighted by Crippen LogP contribution is -2.05. The first kappa shape index (κ1) is 17.4. The van der Waals surface area contributed by atoms with Crippen LogP contribution in [0.1, 0.15) is 31.8 Å². The number of hydrogen-bond acceptors (Lipinski definition) is 4. The van der Waals surface area contributed by atoms with Crippen molar-refractivity contribution in [3.8, 4) is 0 Å². The first-order valence-electron chi connectivity index (χ1n) is 8.36. The summed E-state index contributed by atoms with van der Waals surface area (Å²) in [4.78, 5) is 24.6. The van der Waals surface area contributed by atoms with E-state index in [2.05, 4.69) is 0 Å². The fourth-order valence-electron chi connectivity index (χ4n) is 2.69. The summed E-state index contributed by atoms with van der Waals surface area (Å²) in [5.41, 5.74) is 15.7. The lowest BCUT2D eigenvalue weighted by Gasteiger charge is -2.05. The molecule has 0 saturated heterocycles. The van der Waals surface area contributed by atoms with E-state index in [1.807, 2.05) is 24.3 Å². The van der Waals surface area contributed by atoms with Crippen LogP contribution in [0.4, 0.5) is 11.4 Å². The molecule has 3 rings (SSSR count). The van der Waals surface area contributed by atoms with Crippen LogP contribution in [-0.4, -0.2) is 11.6 Å². The number of nitrogens with two attached hydrogens (primary N) is 2. The normalized spacial score (nSPS) is 10.5. The van der Waals surface area contributed by atoms with Gasteiger partial charge in [-0.15, -0.1) is 0 Å². The Morgan fingerprint density at radius 2 is 0.846 bits per heavy atom. The fraction of sp³-hybridized carbons (Fsp3) is 0.0909. The quantitative estimate of drug-likeness (QED) is 0.527. The van der Waals surface area contributed by atoms with Crippen molar-refractivity contribution in [3.05, 3.63) is 95.1 Å². The van der Waals surface area contributed by atoms with Crippen LogP contribution in [0, 0.1) is 0 Å². The molecule has 0 radical (unpaired) electrons. The molecule has 4 N–H and O–H groups in total. The largest absolute Gasteiger partial charge is 0.399 e. The van der Waals surface area contributed by atoms with Crippen LogP contribution in [0.5, 0.6) is 0 Å². The highest BCUT2D eigenvalue weighted by molar-refractivity contribution is 5.98. The highest BCUT2D eigenvalue weighted by Gasteiger charge is 2.09. The van der Waals surface area contributed by atoms with Crippen molar-refractivity contribution >= 4 is 22.9 Å². The summed E-state index contributed by atoms with van der Waals surface area (Å²) in [5, 5.41) is 0. The lowest BCUT2D eigenvalue weighted by atomic mass is 9.99. The maximum absolute atomic E-state index is 12.3. The SMILES string of the molecule is Nc1ccc(C(=O)Cc2ccc(CC(=O)c3ccc(N)cc3)cc2)cc1. The van der Waals surface area contributed by atoms with Crippen molar-refractivity contribution in [2.45, 2.75) is 12.8 Å². The van der Waals surface area contributed by atoms with E-state index in [1.165, 1.54) is 0 Å². The van der Waals surface area contributed by atoms with Crippen LogP contribution in [0.25, 0.3) is 0 Å². The second kappa shape index (κ2) is 7.66. The minimum Gasteiger partial charge on any atom is -0.399 e. The Labute approximate surface area is 152 Å².